The lowest BCUT2D eigenvalue weighted by atomic mass is 10.0. The van der Waals surface area contributed by atoms with Gasteiger partial charge in [0.15, 0.2) is 0 Å². The van der Waals surface area contributed by atoms with Crippen molar-refractivity contribution in [1.82, 2.24) is 10.2 Å². The van der Waals surface area contributed by atoms with Crippen LogP contribution < -0.4 is 5.32 Å². The molecule has 1 fully saturated rings. The minimum absolute atomic E-state index is 0.259. The quantitative estimate of drug-likeness (QED) is 0.684. The average molecular weight is 200 g/mol. The van der Waals surface area contributed by atoms with E-state index in [2.05, 4.69) is 12.2 Å². The smallest absolute Gasteiger partial charge is 0.223 e. The van der Waals surface area contributed by atoms with Crippen LogP contribution in [-0.4, -0.2) is 50.7 Å². The molecule has 0 aromatic carbocycles. The molecule has 0 bridgehead atoms. The van der Waals surface area contributed by atoms with E-state index >= 15 is 0 Å². The number of hydrogen-bond donors (Lipinski definition) is 1. The molecule has 1 N–H and O–H groups in total. The molecule has 0 saturated carbocycles. The average Bonchev–Trinajstić information content (AvgIpc) is 2.41. The van der Waals surface area contributed by atoms with Crippen LogP contribution in [0.5, 0.6) is 0 Å². The van der Waals surface area contributed by atoms with Gasteiger partial charge in [0, 0.05) is 38.6 Å². The van der Waals surface area contributed by atoms with Crippen LogP contribution in [0.1, 0.15) is 13.3 Å². The van der Waals surface area contributed by atoms with E-state index in [1.54, 1.807) is 7.11 Å². The molecule has 1 heterocycles. The monoisotopic (exact) mass is 200 g/mol. The Balaban J connectivity index is 2.47. The Kier molecular flexibility index (Phi) is 4.35. The second kappa shape index (κ2) is 5.32. The fourth-order valence-electron chi connectivity index (χ4n) is 2.02. The van der Waals surface area contributed by atoms with Crippen LogP contribution in [0.2, 0.25) is 0 Å². The number of amides is 1. The molecule has 0 radical (unpaired) electrons. The van der Waals surface area contributed by atoms with Crippen molar-refractivity contribution < 1.29 is 9.53 Å². The van der Waals surface area contributed by atoms with Crippen LogP contribution in [0.25, 0.3) is 0 Å². The summed E-state index contributed by atoms with van der Waals surface area (Å²) in [6, 6.07) is 0.338. The van der Waals surface area contributed by atoms with Gasteiger partial charge in [0.25, 0.3) is 0 Å². The van der Waals surface area contributed by atoms with E-state index in [4.69, 9.17) is 4.74 Å². The molecular formula is C10H20N2O2. The van der Waals surface area contributed by atoms with Crippen molar-refractivity contribution in [2.45, 2.75) is 19.4 Å². The molecule has 0 aliphatic carbocycles. The lowest BCUT2D eigenvalue weighted by molar-refractivity contribution is -0.129. The van der Waals surface area contributed by atoms with Crippen LogP contribution in [-0.2, 0) is 9.53 Å². The van der Waals surface area contributed by atoms with Crippen molar-refractivity contribution in [2.24, 2.45) is 5.92 Å². The molecule has 4 heteroatoms. The summed E-state index contributed by atoms with van der Waals surface area (Å²) in [5.74, 6) is 0.708. The zero-order chi connectivity index (χ0) is 10.6. The van der Waals surface area contributed by atoms with Gasteiger partial charge in [-0.3, -0.25) is 4.79 Å². The number of rotatable bonds is 5. The second-order valence-corrected chi connectivity index (χ2v) is 3.84. The molecule has 1 saturated heterocycles. The number of ether oxygens (including phenoxy) is 1. The minimum atomic E-state index is 0.259. The SMILES string of the molecule is CNCC1CC(=O)N(CCOC)C1C. The van der Waals surface area contributed by atoms with Crippen LogP contribution in [0.3, 0.4) is 0 Å². The zero-order valence-corrected chi connectivity index (χ0v) is 9.25. The first-order valence-electron chi connectivity index (χ1n) is 5.13. The molecule has 1 rings (SSSR count). The fourth-order valence-corrected chi connectivity index (χ4v) is 2.02. The van der Waals surface area contributed by atoms with Crippen molar-refractivity contribution in [3.63, 3.8) is 0 Å². The number of carbonyl (C=O) groups is 1. The summed E-state index contributed by atoms with van der Waals surface area (Å²) >= 11 is 0. The molecule has 0 spiro atoms. The van der Waals surface area contributed by atoms with Gasteiger partial charge in [-0.15, -0.1) is 0 Å². The van der Waals surface area contributed by atoms with E-state index < -0.39 is 0 Å². The Morgan fingerprint density at radius 2 is 2.36 bits per heavy atom. The molecule has 1 aliphatic rings. The molecule has 1 amide bonds. The van der Waals surface area contributed by atoms with Crippen molar-refractivity contribution >= 4 is 5.91 Å². The minimum Gasteiger partial charge on any atom is -0.383 e. The molecule has 82 valence electrons. The van der Waals surface area contributed by atoms with Crippen molar-refractivity contribution in [2.75, 3.05) is 33.9 Å². The lowest BCUT2D eigenvalue weighted by Gasteiger charge is -2.24. The first-order valence-corrected chi connectivity index (χ1v) is 5.13. The third-order valence-corrected chi connectivity index (χ3v) is 2.93. The highest BCUT2D eigenvalue weighted by Gasteiger charge is 2.35. The third-order valence-electron chi connectivity index (χ3n) is 2.93. The predicted molar refractivity (Wildman–Crippen MR) is 55.1 cm³/mol. The standard InChI is InChI=1S/C10H20N2O2/c1-8-9(7-11-2)6-10(13)12(8)4-5-14-3/h8-9,11H,4-7H2,1-3H3. The maximum Gasteiger partial charge on any atom is 0.223 e. The van der Waals surface area contributed by atoms with Crippen molar-refractivity contribution in [3.05, 3.63) is 0 Å². The van der Waals surface area contributed by atoms with E-state index in [-0.39, 0.29) is 5.91 Å². The third kappa shape index (κ3) is 2.45. The van der Waals surface area contributed by atoms with Crippen molar-refractivity contribution in [3.8, 4) is 0 Å². The van der Waals surface area contributed by atoms with Gasteiger partial charge in [0.2, 0.25) is 5.91 Å². The van der Waals surface area contributed by atoms with Gasteiger partial charge in [-0.25, -0.2) is 0 Å². The van der Waals surface area contributed by atoms with Gasteiger partial charge in [0.05, 0.1) is 6.61 Å². The molecule has 0 aromatic rings. The normalized spacial score (nSPS) is 27.4. The number of carbonyl (C=O) groups excluding carboxylic acids is 1. The lowest BCUT2D eigenvalue weighted by Crippen LogP contribution is -2.37. The maximum atomic E-state index is 11.6. The van der Waals surface area contributed by atoms with E-state index in [1.165, 1.54) is 0 Å². The molecule has 4 nitrogen and oxygen atoms in total. The number of methoxy groups -OCH3 is 1. The summed E-state index contributed by atoms with van der Waals surface area (Å²) in [6.45, 7) is 4.37. The topological polar surface area (TPSA) is 41.6 Å². The Hall–Kier alpha value is -0.610. The Bertz CT molecular complexity index is 197. The van der Waals surface area contributed by atoms with Gasteiger partial charge >= 0.3 is 0 Å². The fraction of sp³-hybridized carbons (Fsp3) is 0.900. The van der Waals surface area contributed by atoms with E-state index in [1.807, 2.05) is 11.9 Å². The molecular weight excluding hydrogens is 180 g/mol. The first kappa shape index (κ1) is 11.5. The van der Waals surface area contributed by atoms with Gasteiger partial charge in [0.1, 0.15) is 0 Å². The second-order valence-electron chi connectivity index (χ2n) is 3.84. The van der Waals surface area contributed by atoms with Crippen LogP contribution in [0.15, 0.2) is 0 Å². The van der Waals surface area contributed by atoms with Gasteiger partial charge in [-0.05, 0) is 14.0 Å². The molecule has 14 heavy (non-hydrogen) atoms. The molecule has 1 aliphatic heterocycles. The largest absolute Gasteiger partial charge is 0.383 e. The highest BCUT2D eigenvalue weighted by Crippen LogP contribution is 2.24. The van der Waals surface area contributed by atoms with Crippen LogP contribution in [0.4, 0.5) is 0 Å². The summed E-state index contributed by atoms with van der Waals surface area (Å²) in [5, 5.41) is 3.13. The van der Waals surface area contributed by atoms with Crippen LogP contribution >= 0.6 is 0 Å². The summed E-state index contributed by atoms with van der Waals surface area (Å²) in [6.07, 6.45) is 0.672. The maximum absolute atomic E-state index is 11.6. The molecule has 0 aromatic heterocycles. The Morgan fingerprint density at radius 1 is 1.64 bits per heavy atom. The van der Waals surface area contributed by atoms with E-state index in [0.717, 1.165) is 13.1 Å². The molecule has 2 atom stereocenters. The Morgan fingerprint density at radius 3 is 2.93 bits per heavy atom. The number of nitrogens with zero attached hydrogens (tertiary/aromatic N) is 1. The number of nitrogens with one attached hydrogen (secondary N) is 1. The zero-order valence-electron chi connectivity index (χ0n) is 9.25. The van der Waals surface area contributed by atoms with E-state index in [0.29, 0.717) is 25.0 Å². The predicted octanol–water partition coefficient (Wildman–Crippen LogP) is 0.0892. The Labute approximate surface area is 85.6 Å². The summed E-state index contributed by atoms with van der Waals surface area (Å²) < 4.78 is 4.99. The van der Waals surface area contributed by atoms with E-state index in [9.17, 15) is 4.79 Å². The highest BCUT2D eigenvalue weighted by atomic mass is 16.5. The summed E-state index contributed by atoms with van der Waals surface area (Å²) in [4.78, 5) is 13.5. The van der Waals surface area contributed by atoms with Crippen molar-refractivity contribution in [1.29, 1.82) is 0 Å². The summed E-state index contributed by atoms with van der Waals surface area (Å²) in [7, 11) is 3.59. The summed E-state index contributed by atoms with van der Waals surface area (Å²) in [5.41, 5.74) is 0. The number of hydrogen-bond acceptors (Lipinski definition) is 3. The first-order chi connectivity index (χ1) is 6.70. The van der Waals surface area contributed by atoms with Gasteiger partial charge in [-0.1, -0.05) is 0 Å². The van der Waals surface area contributed by atoms with Gasteiger partial charge in [-0.2, -0.15) is 0 Å². The van der Waals surface area contributed by atoms with Gasteiger partial charge < -0.3 is 15.0 Å². The van der Waals surface area contributed by atoms with Crippen LogP contribution in [0, 0.1) is 5.92 Å². The molecule has 2 unspecified atom stereocenters. The number of likely N-dealkylation sites (tertiary alicyclic amines) is 1. The highest BCUT2D eigenvalue weighted by molar-refractivity contribution is 5.79.